The molecular formula is C17H18O3. The Balaban J connectivity index is 1.94. The average Bonchev–Trinajstić information content (AvgIpc) is 2.93. The number of Topliss-reactive ketones (excluding diaryl/α,β-unsaturated/α-hetero) is 1. The van der Waals surface area contributed by atoms with E-state index < -0.39 is 6.10 Å². The maximum absolute atomic E-state index is 12.6. The van der Waals surface area contributed by atoms with Gasteiger partial charge in [0.2, 0.25) is 0 Å². The van der Waals surface area contributed by atoms with E-state index in [1.807, 2.05) is 30.3 Å². The van der Waals surface area contributed by atoms with E-state index in [9.17, 15) is 4.79 Å². The number of carbonyl (C=O) groups excluding carboxylic acids is 1. The standard InChI is InChI=1S/C17H18O3/c1-19-17(15(18)12-7-3-2-4-8-12)16-14-10-6-5-9-13(14)11-20-16/h2-4,7-8,11,17H,5-6,9-10H2,1H3. The number of hydrogen-bond donors (Lipinski definition) is 0. The molecule has 0 aliphatic heterocycles. The SMILES string of the molecule is COC(C(=O)c1ccccc1)c1occ2c1CCCC2. The highest BCUT2D eigenvalue weighted by atomic mass is 16.5. The summed E-state index contributed by atoms with van der Waals surface area (Å²) in [5.74, 6) is 0.645. The molecule has 1 aliphatic rings. The van der Waals surface area contributed by atoms with Gasteiger partial charge in [0.25, 0.3) is 0 Å². The van der Waals surface area contributed by atoms with Crippen LogP contribution in [0.3, 0.4) is 0 Å². The van der Waals surface area contributed by atoms with Crippen LogP contribution in [0.15, 0.2) is 41.0 Å². The average molecular weight is 270 g/mol. The molecule has 104 valence electrons. The van der Waals surface area contributed by atoms with Crippen molar-refractivity contribution in [2.75, 3.05) is 7.11 Å². The molecule has 0 saturated heterocycles. The van der Waals surface area contributed by atoms with E-state index in [-0.39, 0.29) is 5.78 Å². The molecular weight excluding hydrogens is 252 g/mol. The second kappa shape index (κ2) is 5.63. The summed E-state index contributed by atoms with van der Waals surface area (Å²) < 4.78 is 11.1. The number of ketones is 1. The minimum Gasteiger partial charge on any atom is -0.465 e. The maximum Gasteiger partial charge on any atom is 0.199 e. The van der Waals surface area contributed by atoms with Gasteiger partial charge in [-0.3, -0.25) is 4.79 Å². The topological polar surface area (TPSA) is 39.4 Å². The van der Waals surface area contributed by atoms with Crippen molar-refractivity contribution < 1.29 is 13.9 Å². The third-order valence-electron chi connectivity index (χ3n) is 3.91. The van der Waals surface area contributed by atoms with Gasteiger partial charge in [-0.1, -0.05) is 30.3 Å². The van der Waals surface area contributed by atoms with Crippen molar-refractivity contribution in [3.05, 3.63) is 59.0 Å². The van der Waals surface area contributed by atoms with Crippen LogP contribution in [-0.2, 0) is 17.6 Å². The van der Waals surface area contributed by atoms with E-state index in [2.05, 4.69) is 0 Å². The van der Waals surface area contributed by atoms with Gasteiger partial charge in [-0.25, -0.2) is 0 Å². The predicted octanol–water partition coefficient (Wildman–Crippen LogP) is 3.73. The van der Waals surface area contributed by atoms with Gasteiger partial charge in [0.15, 0.2) is 11.9 Å². The Kier molecular flexibility index (Phi) is 3.70. The van der Waals surface area contributed by atoms with E-state index in [1.54, 1.807) is 13.4 Å². The zero-order valence-electron chi connectivity index (χ0n) is 11.6. The molecule has 1 aromatic heterocycles. The first-order valence-electron chi connectivity index (χ1n) is 7.02. The molecule has 0 N–H and O–H groups in total. The summed E-state index contributed by atoms with van der Waals surface area (Å²) in [5, 5.41) is 0. The molecule has 2 aromatic rings. The zero-order valence-corrected chi connectivity index (χ0v) is 11.6. The number of hydrogen-bond acceptors (Lipinski definition) is 3. The van der Waals surface area contributed by atoms with Crippen LogP contribution in [-0.4, -0.2) is 12.9 Å². The second-order valence-electron chi connectivity index (χ2n) is 5.16. The monoisotopic (exact) mass is 270 g/mol. The lowest BCUT2D eigenvalue weighted by Gasteiger charge is -2.16. The van der Waals surface area contributed by atoms with Gasteiger partial charge < -0.3 is 9.15 Å². The van der Waals surface area contributed by atoms with Gasteiger partial charge in [0.05, 0.1) is 6.26 Å². The fourth-order valence-corrected chi connectivity index (χ4v) is 2.85. The first-order chi connectivity index (χ1) is 9.81. The van der Waals surface area contributed by atoms with E-state index in [0.717, 1.165) is 19.3 Å². The number of benzene rings is 1. The number of methoxy groups -OCH3 is 1. The lowest BCUT2D eigenvalue weighted by Crippen LogP contribution is -2.16. The van der Waals surface area contributed by atoms with Crippen LogP contribution >= 0.6 is 0 Å². The van der Waals surface area contributed by atoms with Crippen LogP contribution in [0.1, 0.15) is 46.2 Å². The molecule has 1 unspecified atom stereocenters. The minimum atomic E-state index is -0.640. The highest BCUT2D eigenvalue weighted by Gasteiger charge is 2.29. The highest BCUT2D eigenvalue weighted by molar-refractivity contribution is 5.99. The maximum atomic E-state index is 12.6. The number of furan rings is 1. The van der Waals surface area contributed by atoms with Gasteiger partial charge in [-0.05, 0) is 36.8 Å². The molecule has 0 radical (unpaired) electrons. The molecule has 0 bridgehead atoms. The summed E-state index contributed by atoms with van der Waals surface area (Å²) in [5.41, 5.74) is 3.06. The Hall–Kier alpha value is -1.87. The predicted molar refractivity (Wildman–Crippen MR) is 75.9 cm³/mol. The summed E-state index contributed by atoms with van der Waals surface area (Å²) in [4.78, 5) is 12.6. The zero-order chi connectivity index (χ0) is 13.9. The van der Waals surface area contributed by atoms with Crippen molar-refractivity contribution in [1.82, 2.24) is 0 Å². The fourth-order valence-electron chi connectivity index (χ4n) is 2.85. The Morgan fingerprint density at radius 3 is 2.70 bits per heavy atom. The Labute approximate surface area is 118 Å². The number of fused-ring (bicyclic) bond motifs is 1. The molecule has 1 aliphatic carbocycles. The summed E-state index contributed by atoms with van der Waals surface area (Å²) in [6.45, 7) is 0. The van der Waals surface area contributed by atoms with Gasteiger partial charge in [-0.2, -0.15) is 0 Å². The number of aryl methyl sites for hydroxylation is 1. The molecule has 0 saturated carbocycles. The van der Waals surface area contributed by atoms with Crippen LogP contribution in [0.5, 0.6) is 0 Å². The third kappa shape index (κ3) is 2.29. The minimum absolute atomic E-state index is 0.0455. The molecule has 3 nitrogen and oxygen atoms in total. The van der Waals surface area contributed by atoms with Crippen molar-refractivity contribution in [1.29, 1.82) is 0 Å². The highest BCUT2D eigenvalue weighted by Crippen LogP contribution is 2.33. The van der Waals surface area contributed by atoms with Gasteiger partial charge in [-0.15, -0.1) is 0 Å². The van der Waals surface area contributed by atoms with Crippen LogP contribution in [0.25, 0.3) is 0 Å². The van der Waals surface area contributed by atoms with Gasteiger partial charge in [0, 0.05) is 12.7 Å². The molecule has 3 rings (SSSR count). The fraction of sp³-hybridized carbons (Fsp3) is 0.353. The summed E-state index contributed by atoms with van der Waals surface area (Å²) in [6.07, 6.45) is 5.50. The molecule has 0 fully saturated rings. The molecule has 3 heteroatoms. The normalized spacial score (nSPS) is 15.7. The molecule has 0 spiro atoms. The van der Waals surface area contributed by atoms with Crippen LogP contribution in [0.4, 0.5) is 0 Å². The van der Waals surface area contributed by atoms with E-state index in [4.69, 9.17) is 9.15 Å². The molecule has 1 aromatic carbocycles. The summed E-state index contributed by atoms with van der Waals surface area (Å²) >= 11 is 0. The molecule has 1 heterocycles. The van der Waals surface area contributed by atoms with Crippen molar-refractivity contribution in [2.24, 2.45) is 0 Å². The molecule has 1 atom stereocenters. The largest absolute Gasteiger partial charge is 0.465 e. The van der Waals surface area contributed by atoms with Gasteiger partial charge >= 0.3 is 0 Å². The van der Waals surface area contributed by atoms with Crippen LogP contribution in [0, 0.1) is 0 Å². The lowest BCUT2D eigenvalue weighted by atomic mass is 9.91. The van der Waals surface area contributed by atoms with Crippen molar-refractivity contribution >= 4 is 5.78 Å². The number of ether oxygens (including phenoxy) is 1. The Bertz CT molecular complexity index is 598. The van der Waals surface area contributed by atoms with Crippen molar-refractivity contribution in [3.63, 3.8) is 0 Å². The second-order valence-corrected chi connectivity index (χ2v) is 5.16. The lowest BCUT2D eigenvalue weighted by molar-refractivity contribution is 0.0534. The Morgan fingerprint density at radius 2 is 1.95 bits per heavy atom. The van der Waals surface area contributed by atoms with Gasteiger partial charge in [0.1, 0.15) is 5.76 Å². The quantitative estimate of drug-likeness (QED) is 0.795. The summed E-state index contributed by atoms with van der Waals surface area (Å²) in [7, 11) is 1.56. The third-order valence-corrected chi connectivity index (χ3v) is 3.91. The van der Waals surface area contributed by atoms with Crippen LogP contribution in [0.2, 0.25) is 0 Å². The first-order valence-corrected chi connectivity index (χ1v) is 7.02. The number of carbonyl (C=O) groups is 1. The Morgan fingerprint density at radius 1 is 1.20 bits per heavy atom. The van der Waals surface area contributed by atoms with Crippen molar-refractivity contribution in [3.8, 4) is 0 Å². The van der Waals surface area contributed by atoms with E-state index in [0.29, 0.717) is 11.3 Å². The van der Waals surface area contributed by atoms with E-state index >= 15 is 0 Å². The first kappa shape index (κ1) is 13.1. The summed E-state index contributed by atoms with van der Waals surface area (Å²) in [6, 6.07) is 9.23. The van der Waals surface area contributed by atoms with Crippen LogP contribution < -0.4 is 0 Å². The molecule has 0 amide bonds. The van der Waals surface area contributed by atoms with E-state index in [1.165, 1.54) is 17.5 Å². The molecule has 20 heavy (non-hydrogen) atoms. The smallest absolute Gasteiger partial charge is 0.199 e. The van der Waals surface area contributed by atoms with Crippen molar-refractivity contribution in [2.45, 2.75) is 31.8 Å². The number of rotatable bonds is 4.